The highest BCUT2D eigenvalue weighted by Crippen LogP contribution is 2.32. The van der Waals surface area contributed by atoms with Crippen LogP contribution in [0.25, 0.3) is 0 Å². The molecule has 1 atom stereocenters. The lowest BCUT2D eigenvalue weighted by atomic mass is 10.0. The van der Waals surface area contributed by atoms with Gasteiger partial charge in [-0.25, -0.2) is 9.97 Å². The minimum atomic E-state index is -0.127. The molecule has 1 fully saturated rings. The molecule has 5 heteroatoms. The quantitative estimate of drug-likeness (QED) is 0.694. The van der Waals surface area contributed by atoms with Gasteiger partial charge in [-0.15, -0.1) is 0 Å². The Balaban J connectivity index is 1.55. The van der Waals surface area contributed by atoms with Crippen LogP contribution in [0.15, 0.2) is 59.1 Å². The average Bonchev–Trinajstić information content (AvgIpc) is 3.16. The van der Waals surface area contributed by atoms with Crippen LogP contribution in [-0.2, 0) is 6.42 Å². The Hall–Kier alpha value is -2.95. The maximum Gasteiger partial charge on any atom is 0.273 e. The summed E-state index contributed by atoms with van der Waals surface area (Å²) >= 11 is 0. The van der Waals surface area contributed by atoms with Gasteiger partial charge in [0.2, 0.25) is 5.89 Å². The first-order valence-corrected chi connectivity index (χ1v) is 9.44. The summed E-state index contributed by atoms with van der Waals surface area (Å²) in [6.07, 6.45) is 5.40. The number of hydrogen-bond donors (Lipinski definition) is 0. The Morgan fingerprint density at radius 3 is 2.81 bits per heavy atom. The highest BCUT2D eigenvalue weighted by Gasteiger charge is 2.32. The van der Waals surface area contributed by atoms with Gasteiger partial charge in [-0.1, -0.05) is 36.4 Å². The standard InChI is InChI=1S/C22H23N3O2/c1-16-8-7-11-19(24-16)22(26)25-13-6-5-12-20(25)21-23-15-18(27-21)14-17-9-3-2-4-10-17/h2-4,7-11,15,20H,5-6,12-14H2,1H3. The third kappa shape index (κ3) is 3.92. The van der Waals surface area contributed by atoms with Gasteiger partial charge >= 0.3 is 0 Å². The Morgan fingerprint density at radius 2 is 2.00 bits per heavy atom. The fourth-order valence-corrected chi connectivity index (χ4v) is 3.60. The van der Waals surface area contributed by atoms with Crippen LogP contribution >= 0.6 is 0 Å². The molecule has 0 saturated carbocycles. The van der Waals surface area contributed by atoms with Crippen molar-refractivity contribution in [3.63, 3.8) is 0 Å². The van der Waals surface area contributed by atoms with Crippen molar-refractivity contribution in [1.29, 1.82) is 0 Å². The third-order valence-corrected chi connectivity index (χ3v) is 4.95. The lowest BCUT2D eigenvalue weighted by molar-refractivity contribution is 0.0563. The van der Waals surface area contributed by atoms with Crippen molar-refractivity contribution in [1.82, 2.24) is 14.9 Å². The zero-order valence-electron chi connectivity index (χ0n) is 15.5. The van der Waals surface area contributed by atoms with Crippen LogP contribution in [0, 0.1) is 6.92 Å². The number of piperidine rings is 1. The highest BCUT2D eigenvalue weighted by atomic mass is 16.4. The first-order chi connectivity index (χ1) is 13.2. The largest absolute Gasteiger partial charge is 0.443 e. The molecule has 0 aliphatic carbocycles. The first kappa shape index (κ1) is 17.5. The third-order valence-electron chi connectivity index (χ3n) is 4.95. The van der Waals surface area contributed by atoms with Crippen molar-refractivity contribution >= 4 is 5.91 Å². The number of rotatable bonds is 4. The maximum absolute atomic E-state index is 13.0. The summed E-state index contributed by atoms with van der Waals surface area (Å²) in [7, 11) is 0. The van der Waals surface area contributed by atoms with Crippen molar-refractivity contribution in [2.24, 2.45) is 0 Å². The summed E-state index contributed by atoms with van der Waals surface area (Å²) in [4.78, 5) is 23.8. The molecule has 0 radical (unpaired) electrons. The van der Waals surface area contributed by atoms with Gasteiger partial charge in [0.15, 0.2) is 0 Å². The smallest absolute Gasteiger partial charge is 0.273 e. The number of nitrogens with zero attached hydrogens (tertiary/aromatic N) is 3. The van der Waals surface area contributed by atoms with Crippen LogP contribution in [0.4, 0.5) is 0 Å². The van der Waals surface area contributed by atoms with Gasteiger partial charge < -0.3 is 9.32 Å². The summed E-state index contributed by atoms with van der Waals surface area (Å²) in [6, 6.07) is 15.6. The number of hydrogen-bond acceptors (Lipinski definition) is 4. The second-order valence-corrected chi connectivity index (χ2v) is 7.00. The van der Waals surface area contributed by atoms with Crippen LogP contribution < -0.4 is 0 Å². The number of amides is 1. The van der Waals surface area contributed by atoms with Gasteiger partial charge in [-0.2, -0.15) is 0 Å². The molecule has 1 saturated heterocycles. The Labute approximate surface area is 159 Å². The lowest BCUT2D eigenvalue weighted by Crippen LogP contribution is -2.39. The van der Waals surface area contributed by atoms with Crippen LogP contribution in [0.3, 0.4) is 0 Å². The molecular weight excluding hydrogens is 338 g/mol. The lowest BCUT2D eigenvalue weighted by Gasteiger charge is -2.33. The van der Waals surface area contributed by atoms with E-state index < -0.39 is 0 Å². The Morgan fingerprint density at radius 1 is 1.15 bits per heavy atom. The number of pyridine rings is 1. The van der Waals surface area contributed by atoms with Crippen molar-refractivity contribution in [2.75, 3.05) is 6.54 Å². The van der Waals surface area contributed by atoms with Crippen LogP contribution in [-0.4, -0.2) is 27.3 Å². The Kier molecular flexibility index (Phi) is 5.01. The zero-order chi connectivity index (χ0) is 18.6. The van der Waals surface area contributed by atoms with Gasteiger partial charge in [-0.05, 0) is 43.9 Å². The number of carbonyl (C=O) groups is 1. The molecule has 0 spiro atoms. The fourth-order valence-electron chi connectivity index (χ4n) is 3.60. The number of aryl methyl sites for hydroxylation is 1. The second kappa shape index (κ2) is 7.74. The van der Waals surface area contributed by atoms with Gasteiger partial charge in [-0.3, -0.25) is 4.79 Å². The number of aromatic nitrogens is 2. The molecule has 1 aliphatic heterocycles. The minimum absolute atomic E-state index is 0.0498. The number of oxazole rings is 1. The minimum Gasteiger partial charge on any atom is -0.443 e. The number of carbonyl (C=O) groups excluding carboxylic acids is 1. The average molecular weight is 361 g/mol. The van der Waals surface area contributed by atoms with E-state index in [1.54, 1.807) is 12.3 Å². The predicted molar refractivity (Wildman–Crippen MR) is 102 cm³/mol. The van der Waals surface area contributed by atoms with E-state index in [-0.39, 0.29) is 11.9 Å². The molecule has 4 rings (SSSR count). The van der Waals surface area contributed by atoms with E-state index in [9.17, 15) is 4.79 Å². The summed E-state index contributed by atoms with van der Waals surface area (Å²) in [5.41, 5.74) is 2.51. The van der Waals surface area contributed by atoms with Gasteiger partial charge in [0, 0.05) is 18.7 Å². The summed E-state index contributed by atoms with van der Waals surface area (Å²) < 4.78 is 6.04. The van der Waals surface area contributed by atoms with Crippen molar-refractivity contribution in [3.05, 3.63) is 83.3 Å². The van der Waals surface area contributed by atoms with Crippen molar-refractivity contribution in [3.8, 4) is 0 Å². The number of benzene rings is 1. The summed E-state index contributed by atoms with van der Waals surface area (Å²) in [6.45, 7) is 2.60. The summed E-state index contributed by atoms with van der Waals surface area (Å²) in [5.74, 6) is 1.40. The van der Waals surface area contributed by atoms with Crippen molar-refractivity contribution < 1.29 is 9.21 Å². The summed E-state index contributed by atoms with van der Waals surface area (Å²) in [5, 5.41) is 0. The molecule has 3 aromatic rings. The molecule has 1 aromatic carbocycles. The molecule has 27 heavy (non-hydrogen) atoms. The van der Waals surface area contributed by atoms with E-state index in [0.717, 1.165) is 30.7 Å². The predicted octanol–water partition coefficient (Wildman–Crippen LogP) is 4.34. The molecule has 0 N–H and O–H groups in total. The molecule has 2 aromatic heterocycles. The van der Waals surface area contributed by atoms with E-state index in [1.807, 2.05) is 42.2 Å². The topological polar surface area (TPSA) is 59.2 Å². The number of likely N-dealkylation sites (tertiary alicyclic amines) is 1. The maximum atomic E-state index is 13.0. The second-order valence-electron chi connectivity index (χ2n) is 7.00. The van der Waals surface area contributed by atoms with E-state index in [4.69, 9.17) is 4.42 Å². The molecule has 1 amide bonds. The van der Waals surface area contributed by atoms with Crippen LogP contribution in [0.2, 0.25) is 0 Å². The molecule has 138 valence electrons. The van der Waals surface area contributed by atoms with E-state index in [0.29, 0.717) is 24.6 Å². The van der Waals surface area contributed by atoms with Gasteiger partial charge in [0.25, 0.3) is 5.91 Å². The first-order valence-electron chi connectivity index (χ1n) is 9.44. The molecule has 0 bridgehead atoms. The normalized spacial score (nSPS) is 17.1. The zero-order valence-corrected chi connectivity index (χ0v) is 15.5. The van der Waals surface area contributed by atoms with Crippen LogP contribution in [0.1, 0.15) is 58.7 Å². The van der Waals surface area contributed by atoms with Crippen molar-refractivity contribution in [2.45, 2.75) is 38.6 Å². The van der Waals surface area contributed by atoms with E-state index in [2.05, 4.69) is 22.1 Å². The molecule has 3 heterocycles. The monoisotopic (exact) mass is 361 g/mol. The molecule has 1 aliphatic rings. The van der Waals surface area contributed by atoms with Crippen LogP contribution in [0.5, 0.6) is 0 Å². The SMILES string of the molecule is Cc1cccc(C(=O)N2CCCCC2c2ncc(Cc3ccccc3)o2)n1. The van der Waals surface area contributed by atoms with E-state index >= 15 is 0 Å². The fraction of sp³-hybridized carbons (Fsp3) is 0.318. The van der Waals surface area contributed by atoms with E-state index in [1.165, 1.54) is 5.56 Å². The molecule has 1 unspecified atom stereocenters. The van der Waals surface area contributed by atoms with Gasteiger partial charge in [0.1, 0.15) is 17.5 Å². The molecular formula is C22H23N3O2. The Bertz CT molecular complexity index is 920. The van der Waals surface area contributed by atoms with Gasteiger partial charge in [0.05, 0.1) is 6.20 Å². The molecule has 5 nitrogen and oxygen atoms in total. The highest BCUT2D eigenvalue weighted by molar-refractivity contribution is 5.92.